The molecule has 0 rings (SSSR count). The molecule has 4 N–H and O–H groups in total. The maximum atomic E-state index is 13.0. The molecule has 0 spiro atoms. The van der Waals surface area contributed by atoms with Gasteiger partial charge in [-0.1, -0.05) is 349 Å². The van der Waals surface area contributed by atoms with Crippen molar-refractivity contribution < 1.29 is 75.8 Å². The molecule has 0 radical (unpaired) electrons. The van der Waals surface area contributed by atoms with E-state index in [0.29, 0.717) is 19.3 Å². The number of rotatable bonds is 81. The number of allylic oxidation sites excluding steroid dienone is 16. The summed E-state index contributed by atoms with van der Waals surface area (Å²) in [4.78, 5) is 58.8. The van der Waals surface area contributed by atoms with E-state index in [0.717, 1.165) is 122 Å². The van der Waals surface area contributed by atoms with E-state index < -0.39 is 91.5 Å². The van der Waals surface area contributed by atoms with Gasteiger partial charge in [-0.2, -0.15) is 0 Å². The lowest BCUT2D eigenvalue weighted by Gasteiger charge is -2.21. The average Bonchev–Trinajstić information content (AvgIpc) is 0.942. The molecule has 0 aliphatic carbocycles. The number of phosphoric acid groups is 2. The fourth-order valence-electron chi connectivity index (χ4n) is 11.8. The molecule has 0 aliphatic rings. The van der Waals surface area contributed by atoms with Gasteiger partial charge in [0.05, 0.1) is 26.4 Å². The fraction of sp³-hybridized carbons (Fsp3) is 0.782. The van der Waals surface area contributed by atoms with E-state index in [1.54, 1.807) is 0 Å². The molecule has 0 bridgehead atoms. The summed E-state index contributed by atoms with van der Waals surface area (Å²) in [7, 11) is -9.79. The van der Waals surface area contributed by atoms with Crippen molar-refractivity contribution in [3.63, 3.8) is 0 Å². The number of unbranched alkanes of at least 4 members (excludes halogenated alkanes) is 42. The minimum atomic E-state index is -4.93. The molecule has 5 unspecified atom stereocenters. The second kappa shape index (κ2) is 80.0. The van der Waals surface area contributed by atoms with Gasteiger partial charge in [-0.05, 0) is 109 Å². The van der Waals surface area contributed by atoms with Crippen LogP contribution in [0.4, 0.5) is 0 Å². The molecule has 0 aliphatic heterocycles. The SMILES string of the molecule is CCCCC/C=C\C/C=C\C/C=C\C/C=C\CCCCCCCCCCCCCC(=O)OCC(O)COP(=O)(O)OCC(O)COP(=O)(O)OCC(COC(=O)CCCCCCCCCCCCC/C=C\C/C=C\C/C=C\C/C=C\CCCCC)OC(=O)CCCCCCCCCCCCCCCCC. The second-order valence-electron chi connectivity index (χ2n) is 28.6. The Hall–Kier alpha value is -3.53. The molecule has 0 heterocycles. The number of phosphoric ester groups is 2. The monoisotopic (exact) mass is 1520 g/mol. The molecule has 5 atom stereocenters. The van der Waals surface area contributed by atoms with Gasteiger partial charge in [-0.25, -0.2) is 9.13 Å². The number of aliphatic hydroxyl groups is 2. The van der Waals surface area contributed by atoms with E-state index in [1.807, 2.05) is 0 Å². The van der Waals surface area contributed by atoms with Crippen molar-refractivity contribution in [2.75, 3.05) is 39.6 Å². The van der Waals surface area contributed by atoms with Crippen LogP contribution in [0.2, 0.25) is 0 Å². The lowest BCUT2D eigenvalue weighted by Crippen LogP contribution is -2.30. The Labute approximate surface area is 641 Å². The van der Waals surface area contributed by atoms with Crippen molar-refractivity contribution in [2.45, 2.75) is 399 Å². The molecule has 0 fully saturated rings. The van der Waals surface area contributed by atoms with Crippen molar-refractivity contribution >= 4 is 33.6 Å². The van der Waals surface area contributed by atoms with Crippen LogP contribution >= 0.6 is 15.6 Å². The van der Waals surface area contributed by atoms with E-state index in [2.05, 4.69) is 118 Å². The molecule has 105 heavy (non-hydrogen) atoms. The van der Waals surface area contributed by atoms with Crippen molar-refractivity contribution in [3.05, 3.63) is 97.2 Å². The van der Waals surface area contributed by atoms with Gasteiger partial charge in [0.15, 0.2) is 6.10 Å². The van der Waals surface area contributed by atoms with E-state index in [1.165, 1.54) is 199 Å². The Kier molecular flexibility index (Phi) is 77.3. The van der Waals surface area contributed by atoms with Gasteiger partial charge < -0.3 is 34.2 Å². The van der Waals surface area contributed by atoms with E-state index >= 15 is 0 Å². The molecule has 18 heteroatoms. The van der Waals surface area contributed by atoms with Crippen LogP contribution in [-0.4, -0.2) is 95.9 Å². The number of aliphatic hydroxyl groups excluding tert-OH is 2. The van der Waals surface area contributed by atoms with Crippen LogP contribution in [0.5, 0.6) is 0 Å². The van der Waals surface area contributed by atoms with Crippen LogP contribution in [0.15, 0.2) is 97.2 Å². The maximum Gasteiger partial charge on any atom is 0.472 e. The van der Waals surface area contributed by atoms with Crippen LogP contribution < -0.4 is 0 Å². The van der Waals surface area contributed by atoms with Gasteiger partial charge in [0.1, 0.15) is 25.4 Å². The van der Waals surface area contributed by atoms with Crippen LogP contribution in [-0.2, 0) is 55.8 Å². The summed E-state index contributed by atoms with van der Waals surface area (Å²) < 4.78 is 61.3. The van der Waals surface area contributed by atoms with Gasteiger partial charge in [-0.3, -0.25) is 32.5 Å². The quantitative estimate of drug-likeness (QED) is 0.0146. The van der Waals surface area contributed by atoms with Crippen LogP contribution in [0.1, 0.15) is 380 Å². The van der Waals surface area contributed by atoms with Gasteiger partial charge in [0, 0.05) is 19.3 Å². The first-order valence-corrected chi connectivity index (χ1v) is 45.5. The Morgan fingerprint density at radius 1 is 0.267 bits per heavy atom. The molecule has 0 aromatic carbocycles. The Bertz CT molecular complexity index is 2300. The molecule has 0 saturated carbocycles. The van der Waals surface area contributed by atoms with Crippen molar-refractivity contribution in [1.82, 2.24) is 0 Å². The Balaban J connectivity index is 4.53. The van der Waals surface area contributed by atoms with Gasteiger partial charge >= 0.3 is 33.6 Å². The van der Waals surface area contributed by atoms with E-state index in [4.69, 9.17) is 32.3 Å². The number of esters is 3. The highest BCUT2D eigenvalue weighted by Crippen LogP contribution is 2.45. The molecule has 0 aromatic heterocycles. The standard InChI is InChI=1S/C87H156O16P2/c1-4-7-10-13-16-19-22-25-28-30-32-34-36-38-40-42-44-46-48-50-53-55-58-61-64-67-70-73-85(90)97-76-82(88)77-99-104(93,94)100-78-83(89)79-101-105(95,96)102-81-84(103-87(92)75-72-69-66-63-60-57-52-27-24-21-18-15-12-9-6-3)80-98-86(91)74-71-68-65-62-59-56-54-51-49-47-45-43-41-39-37-35-33-31-29-26-23-20-17-14-11-8-5-2/h16-17,19-20,25-26,28-29,32-35,38-41,82-84,88-89H,4-15,18,21-24,27,30-31,36-37,42-81H2,1-3H3,(H,93,94)(H,95,96)/b19-16-,20-17-,28-25-,29-26-,34-32-,35-33-,40-38-,41-39-. The second-order valence-corrected chi connectivity index (χ2v) is 31.5. The number of ether oxygens (including phenoxy) is 3. The van der Waals surface area contributed by atoms with Crippen LogP contribution in [0.3, 0.4) is 0 Å². The average molecular weight is 1520 g/mol. The third-order valence-electron chi connectivity index (χ3n) is 18.3. The zero-order valence-corrected chi connectivity index (χ0v) is 68.7. The largest absolute Gasteiger partial charge is 0.472 e. The summed E-state index contributed by atoms with van der Waals surface area (Å²) in [6.45, 7) is 2.68. The number of carbonyl (C=O) groups excluding carboxylic acids is 3. The summed E-state index contributed by atoms with van der Waals surface area (Å²) in [5.41, 5.74) is 0. The minimum Gasteiger partial charge on any atom is -0.463 e. The summed E-state index contributed by atoms with van der Waals surface area (Å²) in [6.07, 6.45) is 93.0. The predicted octanol–water partition coefficient (Wildman–Crippen LogP) is 25.3. The first-order valence-electron chi connectivity index (χ1n) is 42.5. The molecule has 0 amide bonds. The predicted molar refractivity (Wildman–Crippen MR) is 436 cm³/mol. The molecule has 0 aromatic rings. The van der Waals surface area contributed by atoms with Gasteiger partial charge in [0.2, 0.25) is 0 Å². The molecule has 0 saturated heterocycles. The smallest absolute Gasteiger partial charge is 0.463 e. The zero-order valence-electron chi connectivity index (χ0n) is 66.9. The summed E-state index contributed by atoms with van der Waals surface area (Å²) in [5.74, 6) is -1.56. The number of carbonyl (C=O) groups is 3. The molecule has 610 valence electrons. The van der Waals surface area contributed by atoms with Gasteiger partial charge in [0.25, 0.3) is 0 Å². The normalized spacial score (nSPS) is 14.4. The number of hydrogen-bond donors (Lipinski definition) is 4. The first kappa shape index (κ1) is 101. The maximum absolute atomic E-state index is 13.0. The lowest BCUT2D eigenvalue weighted by molar-refractivity contribution is -0.161. The Morgan fingerprint density at radius 2 is 0.476 bits per heavy atom. The Morgan fingerprint density at radius 3 is 0.771 bits per heavy atom. The highest BCUT2D eigenvalue weighted by Gasteiger charge is 2.29. The van der Waals surface area contributed by atoms with E-state index in [-0.39, 0.29) is 19.3 Å². The van der Waals surface area contributed by atoms with Crippen LogP contribution in [0, 0.1) is 0 Å². The highest BCUT2D eigenvalue weighted by molar-refractivity contribution is 7.47. The lowest BCUT2D eigenvalue weighted by atomic mass is 10.0. The molecular weight excluding hydrogens is 1360 g/mol. The third kappa shape index (κ3) is 81.3. The van der Waals surface area contributed by atoms with Crippen molar-refractivity contribution in [3.8, 4) is 0 Å². The fourth-order valence-corrected chi connectivity index (χ4v) is 13.4. The van der Waals surface area contributed by atoms with E-state index in [9.17, 15) is 43.5 Å². The highest BCUT2D eigenvalue weighted by atomic mass is 31.2. The molecule has 16 nitrogen and oxygen atoms in total. The summed E-state index contributed by atoms with van der Waals surface area (Å²) >= 11 is 0. The van der Waals surface area contributed by atoms with Crippen molar-refractivity contribution in [2.24, 2.45) is 0 Å². The van der Waals surface area contributed by atoms with Crippen LogP contribution in [0.25, 0.3) is 0 Å². The molecular formula is C87H156O16P2. The zero-order chi connectivity index (χ0) is 76.6. The topological polar surface area (TPSA) is 231 Å². The van der Waals surface area contributed by atoms with Gasteiger partial charge in [-0.15, -0.1) is 0 Å². The minimum absolute atomic E-state index is 0.108. The third-order valence-corrected chi connectivity index (χ3v) is 20.2. The first-order chi connectivity index (χ1) is 51.2. The summed E-state index contributed by atoms with van der Waals surface area (Å²) in [6, 6.07) is 0. The summed E-state index contributed by atoms with van der Waals surface area (Å²) in [5, 5.41) is 20.7. The number of hydrogen-bond acceptors (Lipinski definition) is 14. The van der Waals surface area contributed by atoms with Crippen molar-refractivity contribution in [1.29, 1.82) is 0 Å².